The fraction of sp³-hybridized carbons (Fsp3) is 1.00. The molecule has 0 aliphatic heterocycles. The Morgan fingerprint density at radius 2 is 1.79 bits per heavy atom. The molecule has 0 saturated carbocycles. The lowest BCUT2D eigenvalue weighted by Gasteiger charge is -2.02. The van der Waals surface area contributed by atoms with Crippen LogP contribution in [0.15, 0.2) is 0 Å². The van der Waals surface area contributed by atoms with Crippen molar-refractivity contribution in [3.8, 4) is 0 Å². The molecule has 0 bridgehead atoms. The Kier molecular flexibility index (Phi) is 10.8. The van der Waals surface area contributed by atoms with Crippen LogP contribution < -0.4 is 5.32 Å². The first-order valence-electron chi connectivity index (χ1n) is 5.25. The summed E-state index contributed by atoms with van der Waals surface area (Å²) in [6.07, 6.45) is 5.76. The fourth-order valence-corrected chi connectivity index (χ4v) is 1.42. The van der Waals surface area contributed by atoms with Crippen LogP contribution in [0.3, 0.4) is 0 Å². The molecule has 0 atom stereocenters. The summed E-state index contributed by atoms with van der Waals surface area (Å²) >= 11 is 0. The highest BCUT2D eigenvalue weighted by molar-refractivity contribution is 7.67. The number of hydrogen-bond acceptors (Lipinski definition) is 4. The Morgan fingerprint density at radius 1 is 1.07 bits per heavy atom. The third-order valence-corrected chi connectivity index (χ3v) is 2.30. The molecule has 0 aliphatic rings. The molecule has 0 aromatic rings. The van der Waals surface area contributed by atoms with Crippen molar-refractivity contribution in [3.63, 3.8) is 0 Å². The predicted octanol–water partition coefficient (Wildman–Crippen LogP) is 1.09. The van der Waals surface area contributed by atoms with E-state index >= 15 is 0 Å². The van der Waals surface area contributed by atoms with E-state index in [0.29, 0.717) is 6.61 Å². The van der Waals surface area contributed by atoms with Gasteiger partial charge in [-0.25, -0.2) is 8.42 Å². The molecule has 0 amide bonds. The van der Waals surface area contributed by atoms with Crippen LogP contribution in [0, 0.1) is 0 Å². The average Bonchev–Trinajstić information content (AvgIpc) is 2.15. The SMILES string of the molecule is CCCCCCNCCCO[SH](=O)=O. The number of hydrogen-bond donors (Lipinski definition) is 2. The minimum absolute atomic E-state index is 0.292. The van der Waals surface area contributed by atoms with E-state index in [0.717, 1.165) is 19.5 Å². The molecule has 0 spiro atoms. The van der Waals surface area contributed by atoms with Crippen LogP contribution in [-0.4, -0.2) is 28.1 Å². The van der Waals surface area contributed by atoms with Crippen LogP contribution in [0.25, 0.3) is 0 Å². The standard InChI is InChI=1S/C9H21NO3S/c1-2-3-4-5-7-10-8-6-9-13-14(11)12/h10,14H,2-9H2,1H3. The third kappa shape index (κ3) is 11.9. The van der Waals surface area contributed by atoms with Gasteiger partial charge in [-0.3, -0.25) is 4.18 Å². The second kappa shape index (κ2) is 10.9. The van der Waals surface area contributed by atoms with E-state index in [4.69, 9.17) is 0 Å². The van der Waals surface area contributed by atoms with Crippen molar-refractivity contribution in [2.24, 2.45) is 0 Å². The van der Waals surface area contributed by atoms with Gasteiger partial charge in [0.25, 0.3) is 11.0 Å². The highest BCUT2D eigenvalue weighted by atomic mass is 32.2. The first kappa shape index (κ1) is 13.9. The van der Waals surface area contributed by atoms with Crippen molar-refractivity contribution in [3.05, 3.63) is 0 Å². The molecule has 14 heavy (non-hydrogen) atoms. The molecule has 5 heteroatoms. The second-order valence-electron chi connectivity index (χ2n) is 3.22. The first-order chi connectivity index (χ1) is 6.77. The Bertz CT molecular complexity index is 175. The quantitative estimate of drug-likeness (QED) is 0.430. The molecular weight excluding hydrogens is 202 g/mol. The summed E-state index contributed by atoms with van der Waals surface area (Å²) in [4.78, 5) is 0. The summed E-state index contributed by atoms with van der Waals surface area (Å²) in [6, 6.07) is 0. The maximum atomic E-state index is 10.0. The highest BCUT2D eigenvalue weighted by Gasteiger charge is 1.90. The minimum Gasteiger partial charge on any atom is -0.317 e. The summed E-state index contributed by atoms with van der Waals surface area (Å²) in [5, 5.41) is 3.24. The van der Waals surface area contributed by atoms with Crippen molar-refractivity contribution in [1.82, 2.24) is 5.32 Å². The van der Waals surface area contributed by atoms with Gasteiger partial charge in [0.05, 0.1) is 6.61 Å². The average molecular weight is 223 g/mol. The van der Waals surface area contributed by atoms with Crippen LogP contribution in [0.5, 0.6) is 0 Å². The molecule has 0 fully saturated rings. The van der Waals surface area contributed by atoms with E-state index in [1.165, 1.54) is 25.7 Å². The van der Waals surface area contributed by atoms with Gasteiger partial charge >= 0.3 is 0 Å². The van der Waals surface area contributed by atoms with E-state index in [2.05, 4.69) is 16.4 Å². The van der Waals surface area contributed by atoms with Crippen molar-refractivity contribution in [1.29, 1.82) is 0 Å². The maximum absolute atomic E-state index is 10.0. The zero-order chi connectivity index (χ0) is 10.6. The van der Waals surface area contributed by atoms with Crippen molar-refractivity contribution < 1.29 is 12.6 Å². The summed E-state index contributed by atoms with van der Waals surface area (Å²) in [6.45, 7) is 4.33. The van der Waals surface area contributed by atoms with E-state index in [1.54, 1.807) is 0 Å². The van der Waals surface area contributed by atoms with Gasteiger partial charge in [-0.15, -0.1) is 0 Å². The van der Waals surface area contributed by atoms with Crippen LogP contribution in [-0.2, 0) is 15.2 Å². The van der Waals surface area contributed by atoms with Crippen molar-refractivity contribution in [2.75, 3.05) is 19.7 Å². The first-order valence-corrected chi connectivity index (χ1v) is 6.35. The summed E-state index contributed by atoms with van der Waals surface area (Å²) < 4.78 is 24.4. The van der Waals surface area contributed by atoms with Gasteiger partial charge in [0.15, 0.2) is 0 Å². The van der Waals surface area contributed by atoms with Crippen LogP contribution >= 0.6 is 0 Å². The Labute approximate surface area is 88.2 Å². The van der Waals surface area contributed by atoms with Crippen LogP contribution in [0.1, 0.15) is 39.0 Å². The topological polar surface area (TPSA) is 55.4 Å². The predicted molar refractivity (Wildman–Crippen MR) is 57.9 cm³/mol. The van der Waals surface area contributed by atoms with Gasteiger partial charge in [0.2, 0.25) is 0 Å². The summed E-state index contributed by atoms with van der Waals surface area (Å²) in [7, 11) is -2.66. The summed E-state index contributed by atoms with van der Waals surface area (Å²) in [5.74, 6) is 0. The normalized spacial score (nSPS) is 11.0. The molecule has 0 aromatic heterocycles. The molecule has 86 valence electrons. The van der Waals surface area contributed by atoms with Gasteiger partial charge in [0, 0.05) is 0 Å². The van der Waals surface area contributed by atoms with Crippen molar-refractivity contribution in [2.45, 2.75) is 39.0 Å². The molecular formula is C9H21NO3S. The molecule has 0 radical (unpaired) electrons. The fourth-order valence-electron chi connectivity index (χ4n) is 1.14. The van der Waals surface area contributed by atoms with Gasteiger partial charge in [0.1, 0.15) is 0 Å². The third-order valence-electron chi connectivity index (χ3n) is 1.90. The smallest absolute Gasteiger partial charge is 0.257 e. The minimum atomic E-state index is -2.66. The number of rotatable bonds is 10. The highest BCUT2D eigenvalue weighted by Crippen LogP contribution is 1.96. The molecule has 0 aliphatic carbocycles. The molecule has 0 heterocycles. The zero-order valence-electron chi connectivity index (χ0n) is 8.83. The van der Waals surface area contributed by atoms with Gasteiger partial charge in [-0.05, 0) is 25.9 Å². The Morgan fingerprint density at radius 3 is 2.43 bits per heavy atom. The van der Waals surface area contributed by atoms with Crippen LogP contribution in [0.2, 0.25) is 0 Å². The second-order valence-corrected chi connectivity index (χ2v) is 3.93. The van der Waals surface area contributed by atoms with E-state index in [-0.39, 0.29) is 0 Å². The zero-order valence-corrected chi connectivity index (χ0v) is 9.72. The summed E-state index contributed by atoms with van der Waals surface area (Å²) in [5.41, 5.74) is 0. The Hall–Kier alpha value is -0.130. The molecule has 0 unspecified atom stereocenters. The molecule has 1 N–H and O–H groups in total. The van der Waals surface area contributed by atoms with Crippen molar-refractivity contribution >= 4 is 11.0 Å². The number of nitrogens with one attached hydrogen (secondary N) is 1. The molecule has 0 aromatic carbocycles. The molecule has 0 saturated heterocycles. The van der Waals surface area contributed by atoms with E-state index in [9.17, 15) is 8.42 Å². The monoisotopic (exact) mass is 223 g/mol. The lowest BCUT2D eigenvalue weighted by atomic mass is 10.2. The number of unbranched alkanes of at least 4 members (excludes halogenated alkanes) is 3. The molecule has 0 rings (SSSR count). The largest absolute Gasteiger partial charge is 0.317 e. The lowest BCUT2D eigenvalue weighted by molar-refractivity contribution is 0.323. The van der Waals surface area contributed by atoms with Gasteiger partial charge < -0.3 is 5.32 Å². The lowest BCUT2D eigenvalue weighted by Crippen LogP contribution is -2.18. The van der Waals surface area contributed by atoms with E-state index < -0.39 is 11.0 Å². The number of thiol groups is 1. The molecule has 4 nitrogen and oxygen atoms in total. The van der Waals surface area contributed by atoms with Gasteiger partial charge in [-0.1, -0.05) is 26.2 Å². The van der Waals surface area contributed by atoms with Gasteiger partial charge in [-0.2, -0.15) is 0 Å². The van der Waals surface area contributed by atoms with Crippen LogP contribution in [0.4, 0.5) is 0 Å². The maximum Gasteiger partial charge on any atom is 0.257 e. The Balaban J connectivity index is 2.92. The van der Waals surface area contributed by atoms with E-state index in [1.807, 2.05) is 0 Å².